The Bertz CT molecular complexity index is 1410. The minimum atomic E-state index is -0.524. The number of hydrogen-bond acceptors (Lipinski definition) is 6. The fraction of sp³-hybridized carbons (Fsp3) is 0.333. The van der Waals surface area contributed by atoms with Crippen molar-refractivity contribution >= 4 is 52.6 Å². The standard InChI is InChI=1S/C33H38N4O5S/c1-36(26-14-5-3-6-15-26)31(39)23-43-29-19-10-9-18-28(29)37(27-16-7-4-8-17-27)30(38)22-34-33(41)35-25-13-11-12-24(20-25)21-32(40)42-2/h3,5-6,9-15,18-20,27H,4,7-8,16-17,21-23H2,1-2H3,(H2,34,35,41). The SMILES string of the molecule is COC(=O)Cc1cccc(NC(=O)NCC(=O)N(c2ccccc2SCC(=O)N(C)c2ccccc2)C2CCCCC2)c1. The summed E-state index contributed by atoms with van der Waals surface area (Å²) in [4.78, 5) is 55.4. The smallest absolute Gasteiger partial charge is 0.319 e. The zero-order chi connectivity index (χ0) is 30.6. The molecule has 4 amide bonds. The molecule has 1 saturated carbocycles. The van der Waals surface area contributed by atoms with E-state index in [2.05, 4.69) is 10.6 Å². The van der Waals surface area contributed by atoms with E-state index in [9.17, 15) is 19.2 Å². The molecule has 9 nitrogen and oxygen atoms in total. The van der Waals surface area contributed by atoms with Crippen LogP contribution < -0.4 is 20.4 Å². The number of thioether (sulfide) groups is 1. The molecule has 0 heterocycles. The third kappa shape index (κ3) is 9.09. The number of nitrogens with zero attached hydrogens (tertiary/aromatic N) is 2. The zero-order valence-corrected chi connectivity index (χ0v) is 25.4. The van der Waals surface area contributed by atoms with Crippen LogP contribution in [-0.4, -0.2) is 56.3 Å². The van der Waals surface area contributed by atoms with E-state index in [0.717, 1.165) is 48.4 Å². The normalized spacial score (nSPS) is 13.1. The van der Waals surface area contributed by atoms with Gasteiger partial charge in [0.05, 0.1) is 31.5 Å². The second-order valence-electron chi connectivity index (χ2n) is 10.4. The second kappa shape index (κ2) is 15.8. The summed E-state index contributed by atoms with van der Waals surface area (Å²) in [7, 11) is 3.08. The predicted molar refractivity (Wildman–Crippen MR) is 171 cm³/mol. The van der Waals surface area contributed by atoms with Gasteiger partial charge in [0.15, 0.2) is 0 Å². The zero-order valence-electron chi connectivity index (χ0n) is 24.6. The van der Waals surface area contributed by atoms with Crippen LogP contribution in [0.1, 0.15) is 37.7 Å². The van der Waals surface area contributed by atoms with Gasteiger partial charge < -0.3 is 25.2 Å². The number of esters is 1. The molecule has 4 rings (SSSR count). The van der Waals surface area contributed by atoms with Crippen molar-refractivity contribution in [2.45, 2.75) is 49.5 Å². The number of hydrogen-bond donors (Lipinski definition) is 2. The van der Waals surface area contributed by atoms with Gasteiger partial charge in [0, 0.05) is 29.4 Å². The first-order chi connectivity index (χ1) is 20.9. The fourth-order valence-corrected chi connectivity index (χ4v) is 6.06. The van der Waals surface area contributed by atoms with E-state index < -0.39 is 6.03 Å². The summed E-state index contributed by atoms with van der Waals surface area (Å²) in [5.74, 6) is -0.427. The monoisotopic (exact) mass is 602 g/mol. The Hall–Kier alpha value is -4.31. The first-order valence-corrected chi connectivity index (χ1v) is 15.4. The highest BCUT2D eigenvalue weighted by Crippen LogP contribution is 2.35. The van der Waals surface area contributed by atoms with Gasteiger partial charge in [-0.15, -0.1) is 11.8 Å². The number of para-hydroxylation sites is 2. The Morgan fingerprint density at radius 2 is 1.60 bits per heavy atom. The Labute approximate surface area is 257 Å². The molecule has 10 heteroatoms. The van der Waals surface area contributed by atoms with Gasteiger partial charge in [0.2, 0.25) is 11.8 Å². The van der Waals surface area contributed by atoms with Crippen molar-refractivity contribution in [3.63, 3.8) is 0 Å². The lowest BCUT2D eigenvalue weighted by molar-refractivity contribution is -0.139. The van der Waals surface area contributed by atoms with E-state index in [1.54, 1.807) is 36.2 Å². The van der Waals surface area contributed by atoms with Gasteiger partial charge >= 0.3 is 12.0 Å². The number of urea groups is 1. The lowest BCUT2D eigenvalue weighted by atomic mass is 9.93. The van der Waals surface area contributed by atoms with Crippen LogP contribution in [0.2, 0.25) is 0 Å². The summed E-state index contributed by atoms with van der Waals surface area (Å²) >= 11 is 1.40. The molecule has 0 radical (unpaired) electrons. The molecule has 3 aromatic carbocycles. The van der Waals surface area contributed by atoms with E-state index in [1.807, 2.05) is 59.5 Å². The van der Waals surface area contributed by atoms with Crippen molar-refractivity contribution in [3.8, 4) is 0 Å². The fourth-order valence-electron chi connectivity index (χ4n) is 5.10. The molecule has 3 aromatic rings. The largest absolute Gasteiger partial charge is 0.469 e. The van der Waals surface area contributed by atoms with Crippen molar-refractivity contribution in [2.24, 2.45) is 0 Å². The number of rotatable bonds is 11. The first-order valence-electron chi connectivity index (χ1n) is 14.4. The molecule has 226 valence electrons. The van der Waals surface area contributed by atoms with Crippen LogP contribution in [0.25, 0.3) is 0 Å². The average Bonchev–Trinajstić information content (AvgIpc) is 3.04. The molecule has 0 spiro atoms. The van der Waals surface area contributed by atoms with Crippen LogP contribution in [0, 0.1) is 0 Å². The molecule has 0 aromatic heterocycles. The van der Waals surface area contributed by atoms with Gasteiger partial charge in [0.1, 0.15) is 0 Å². The van der Waals surface area contributed by atoms with E-state index in [1.165, 1.54) is 18.9 Å². The third-order valence-corrected chi connectivity index (χ3v) is 8.41. The molecule has 0 bridgehead atoms. The van der Waals surface area contributed by atoms with E-state index in [-0.39, 0.29) is 42.5 Å². The number of benzene rings is 3. The van der Waals surface area contributed by atoms with Gasteiger partial charge in [-0.3, -0.25) is 14.4 Å². The number of nitrogens with one attached hydrogen (secondary N) is 2. The Kier molecular flexibility index (Phi) is 11.6. The maximum Gasteiger partial charge on any atom is 0.319 e. The Morgan fingerprint density at radius 1 is 0.884 bits per heavy atom. The van der Waals surface area contributed by atoms with Crippen LogP contribution in [0.4, 0.5) is 21.9 Å². The molecule has 1 aliphatic carbocycles. The number of methoxy groups -OCH3 is 1. The summed E-state index contributed by atoms with van der Waals surface area (Å²) in [6.07, 6.45) is 5.03. The highest BCUT2D eigenvalue weighted by atomic mass is 32.2. The minimum Gasteiger partial charge on any atom is -0.469 e. The average molecular weight is 603 g/mol. The molecule has 0 saturated heterocycles. The van der Waals surface area contributed by atoms with Crippen molar-refractivity contribution in [2.75, 3.05) is 41.6 Å². The number of carbonyl (C=O) groups is 4. The molecule has 1 fully saturated rings. The van der Waals surface area contributed by atoms with Crippen LogP contribution in [0.15, 0.2) is 83.8 Å². The maximum atomic E-state index is 13.7. The molecular weight excluding hydrogens is 564 g/mol. The van der Waals surface area contributed by atoms with E-state index in [4.69, 9.17) is 4.74 Å². The van der Waals surface area contributed by atoms with Gasteiger partial charge in [-0.05, 0) is 54.8 Å². The Balaban J connectivity index is 1.44. The van der Waals surface area contributed by atoms with Crippen LogP contribution in [-0.2, 0) is 25.5 Å². The number of carbonyl (C=O) groups excluding carboxylic acids is 4. The van der Waals surface area contributed by atoms with Crippen LogP contribution in [0.3, 0.4) is 0 Å². The molecule has 0 aliphatic heterocycles. The second-order valence-corrected chi connectivity index (χ2v) is 11.4. The van der Waals surface area contributed by atoms with Crippen molar-refractivity contribution in [1.82, 2.24) is 5.32 Å². The van der Waals surface area contributed by atoms with Gasteiger partial charge in [-0.2, -0.15) is 0 Å². The molecule has 0 unspecified atom stereocenters. The quantitative estimate of drug-likeness (QED) is 0.217. The molecule has 1 aliphatic rings. The lowest BCUT2D eigenvalue weighted by Crippen LogP contribution is -2.47. The van der Waals surface area contributed by atoms with Crippen molar-refractivity contribution in [1.29, 1.82) is 0 Å². The van der Waals surface area contributed by atoms with Gasteiger partial charge in [-0.1, -0.05) is 61.7 Å². The van der Waals surface area contributed by atoms with E-state index in [0.29, 0.717) is 11.3 Å². The highest BCUT2D eigenvalue weighted by Gasteiger charge is 2.29. The summed E-state index contributed by atoms with van der Waals surface area (Å²) in [5, 5.41) is 5.43. The molecule has 43 heavy (non-hydrogen) atoms. The topological polar surface area (TPSA) is 108 Å². The number of anilines is 3. The van der Waals surface area contributed by atoms with Crippen molar-refractivity contribution in [3.05, 3.63) is 84.4 Å². The molecular formula is C33H38N4O5S. The first kappa shape index (κ1) is 31.6. The minimum absolute atomic E-state index is 0.00515. The summed E-state index contributed by atoms with van der Waals surface area (Å²) in [5.41, 5.74) is 2.77. The Morgan fingerprint density at radius 3 is 2.35 bits per heavy atom. The van der Waals surface area contributed by atoms with Crippen molar-refractivity contribution < 1.29 is 23.9 Å². The van der Waals surface area contributed by atoms with E-state index >= 15 is 0 Å². The maximum absolute atomic E-state index is 13.7. The number of ether oxygens (including phenoxy) is 1. The van der Waals surface area contributed by atoms with Gasteiger partial charge in [0.25, 0.3) is 0 Å². The lowest BCUT2D eigenvalue weighted by Gasteiger charge is -2.35. The summed E-state index contributed by atoms with van der Waals surface area (Å²) in [6.45, 7) is -0.196. The van der Waals surface area contributed by atoms with Gasteiger partial charge in [-0.25, -0.2) is 4.79 Å². The van der Waals surface area contributed by atoms with Crippen LogP contribution in [0.5, 0.6) is 0 Å². The predicted octanol–water partition coefficient (Wildman–Crippen LogP) is 5.64. The third-order valence-electron chi connectivity index (χ3n) is 7.36. The van der Waals surface area contributed by atoms with Crippen LogP contribution >= 0.6 is 11.8 Å². The summed E-state index contributed by atoms with van der Waals surface area (Å²) < 4.78 is 4.71. The highest BCUT2D eigenvalue weighted by molar-refractivity contribution is 8.00. The molecule has 2 N–H and O–H groups in total. The molecule has 0 atom stereocenters. The summed E-state index contributed by atoms with van der Waals surface area (Å²) in [6, 6.07) is 23.5. The number of amides is 4.